The van der Waals surface area contributed by atoms with Crippen LogP contribution in [0.1, 0.15) is 11.6 Å². The first kappa shape index (κ1) is 20.4. The van der Waals surface area contributed by atoms with E-state index in [0.717, 1.165) is 11.6 Å². The minimum Gasteiger partial charge on any atom is -0.347 e. The lowest BCUT2D eigenvalue weighted by molar-refractivity contribution is -0.135. The van der Waals surface area contributed by atoms with E-state index in [0.29, 0.717) is 13.1 Å². The molecule has 1 aliphatic heterocycles. The van der Waals surface area contributed by atoms with Crippen LogP contribution in [0, 0.1) is 5.82 Å². The lowest BCUT2D eigenvalue weighted by Gasteiger charge is -2.39. The first-order chi connectivity index (χ1) is 13.3. The summed E-state index contributed by atoms with van der Waals surface area (Å²) in [5, 5.41) is 0. The largest absolute Gasteiger partial charge is 0.347 e. The van der Waals surface area contributed by atoms with Crippen molar-refractivity contribution in [2.45, 2.75) is 10.9 Å². The summed E-state index contributed by atoms with van der Waals surface area (Å²) in [5.74, 6) is -0.813. The summed E-state index contributed by atoms with van der Waals surface area (Å²) < 4.78 is 40.9. The van der Waals surface area contributed by atoms with Crippen LogP contribution < -0.4 is 0 Å². The second-order valence-corrected chi connectivity index (χ2v) is 8.82. The number of benzene rings is 2. The second-order valence-electron chi connectivity index (χ2n) is 6.92. The molecule has 150 valence electrons. The van der Waals surface area contributed by atoms with Crippen LogP contribution in [0.2, 0.25) is 0 Å². The van der Waals surface area contributed by atoms with E-state index in [4.69, 9.17) is 0 Å². The van der Waals surface area contributed by atoms with Crippen molar-refractivity contribution >= 4 is 15.9 Å². The predicted octanol–water partition coefficient (Wildman–Crippen LogP) is 1.96. The molecule has 0 spiro atoms. The zero-order valence-corrected chi connectivity index (χ0v) is 16.8. The van der Waals surface area contributed by atoms with Crippen molar-refractivity contribution in [1.29, 1.82) is 0 Å². The van der Waals surface area contributed by atoms with E-state index in [2.05, 4.69) is 0 Å². The van der Waals surface area contributed by atoms with Gasteiger partial charge in [-0.1, -0.05) is 42.5 Å². The van der Waals surface area contributed by atoms with Gasteiger partial charge < -0.3 is 4.90 Å². The molecule has 1 heterocycles. The van der Waals surface area contributed by atoms with Crippen molar-refractivity contribution in [3.05, 3.63) is 66.0 Å². The molecular formula is C20H24FN3O3S. The van der Waals surface area contributed by atoms with E-state index in [9.17, 15) is 17.6 Å². The van der Waals surface area contributed by atoms with Gasteiger partial charge in [0, 0.05) is 40.3 Å². The van der Waals surface area contributed by atoms with Gasteiger partial charge in [0.25, 0.3) is 0 Å². The standard InChI is InChI=1S/C20H24FN3O3S/c1-22(2)20(25)19(16-8-4-3-5-9-16)23-12-14-24(15-13-23)28(26,27)18-11-7-6-10-17(18)21/h3-11,19H,12-15H2,1-2H3/t19-/m1/s1. The van der Waals surface area contributed by atoms with E-state index >= 15 is 0 Å². The number of likely N-dealkylation sites (N-methyl/N-ethyl adjacent to an activating group) is 1. The Morgan fingerprint density at radius 2 is 1.54 bits per heavy atom. The maximum absolute atomic E-state index is 14.0. The van der Waals surface area contributed by atoms with E-state index < -0.39 is 21.9 Å². The summed E-state index contributed by atoms with van der Waals surface area (Å²) in [7, 11) is -0.496. The van der Waals surface area contributed by atoms with Gasteiger partial charge in [0.05, 0.1) is 0 Å². The number of sulfonamides is 1. The number of rotatable bonds is 5. The van der Waals surface area contributed by atoms with Crippen molar-refractivity contribution in [2.75, 3.05) is 40.3 Å². The normalized spacial score (nSPS) is 17.2. The van der Waals surface area contributed by atoms with Crippen molar-refractivity contribution in [3.63, 3.8) is 0 Å². The molecule has 0 bridgehead atoms. The second kappa shape index (κ2) is 8.38. The fraction of sp³-hybridized carbons (Fsp3) is 0.350. The number of carbonyl (C=O) groups excluding carboxylic acids is 1. The fourth-order valence-corrected chi connectivity index (χ4v) is 4.87. The molecule has 0 N–H and O–H groups in total. The molecular weight excluding hydrogens is 381 g/mol. The summed E-state index contributed by atoms with van der Waals surface area (Å²) >= 11 is 0. The number of amides is 1. The molecule has 1 amide bonds. The molecule has 8 heteroatoms. The Bertz CT molecular complexity index is 927. The van der Waals surface area contributed by atoms with Gasteiger partial charge in [-0.15, -0.1) is 0 Å². The number of hydrogen-bond acceptors (Lipinski definition) is 4. The summed E-state index contributed by atoms with van der Waals surface area (Å²) in [6.45, 7) is 1.15. The zero-order chi connectivity index (χ0) is 20.3. The van der Waals surface area contributed by atoms with Crippen molar-refractivity contribution in [3.8, 4) is 0 Å². The third kappa shape index (κ3) is 4.09. The average molecular weight is 405 g/mol. The van der Waals surface area contributed by atoms with Gasteiger partial charge in [0.15, 0.2) is 0 Å². The van der Waals surface area contributed by atoms with Gasteiger partial charge in [-0.3, -0.25) is 9.69 Å². The number of hydrogen-bond donors (Lipinski definition) is 0. The summed E-state index contributed by atoms with van der Waals surface area (Å²) in [4.78, 5) is 16.0. The maximum Gasteiger partial charge on any atom is 0.246 e. The fourth-order valence-electron chi connectivity index (χ4n) is 3.38. The van der Waals surface area contributed by atoms with Crippen LogP contribution in [-0.4, -0.2) is 68.7 Å². The zero-order valence-electron chi connectivity index (χ0n) is 16.0. The minimum absolute atomic E-state index is 0.0587. The van der Waals surface area contributed by atoms with Crippen LogP contribution in [0.15, 0.2) is 59.5 Å². The Morgan fingerprint density at radius 3 is 2.11 bits per heavy atom. The average Bonchev–Trinajstić information content (AvgIpc) is 2.69. The molecule has 1 saturated heterocycles. The Morgan fingerprint density at radius 1 is 0.964 bits per heavy atom. The Hall–Kier alpha value is -2.29. The molecule has 28 heavy (non-hydrogen) atoms. The van der Waals surface area contributed by atoms with Crippen LogP contribution in [0.4, 0.5) is 4.39 Å². The Balaban J connectivity index is 1.79. The summed E-state index contributed by atoms with van der Waals surface area (Å²) in [6.07, 6.45) is 0. The van der Waals surface area contributed by atoms with Crippen LogP contribution in [-0.2, 0) is 14.8 Å². The highest BCUT2D eigenvalue weighted by atomic mass is 32.2. The highest BCUT2D eigenvalue weighted by Gasteiger charge is 2.35. The van der Waals surface area contributed by atoms with Crippen LogP contribution in [0.5, 0.6) is 0 Å². The lowest BCUT2D eigenvalue weighted by Crippen LogP contribution is -2.52. The van der Waals surface area contributed by atoms with Gasteiger partial charge >= 0.3 is 0 Å². The SMILES string of the molecule is CN(C)C(=O)[C@@H](c1ccccc1)N1CCN(S(=O)(=O)c2ccccc2F)CC1. The van der Waals surface area contributed by atoms with Gasteiger partial charge in [-0.25, -0.2) is 12.8 Å². The molecule has 0 aliphatic carbocycles. The smallest absolute Gasteiger partial charge is 0.246 e. The van der Waals surface area contributed by atoms with Gasteiger partial charge in [-0.2, -0.15) is 4.31 Å². The van der Waals surface area contributed by atoms with Crippen LogP contribution in [0.3, 0.4) is 0 Å². The summed E-state index contributed by atoms with van der Waals surface area (Å²) in [5.41, 5.74) is 0.867. The Labute approximate surface area is 165 Å². The molecule has 0 aromatic heterocycles. The molecule has 1 aliphatic rings. The first-order valence-electron chi connectivity index (χ1n) is 9.07. The van der Waals surface area contributed by atoms with Crippen molar-refractivity contribution < 1.29 is 17.6 Å². The van der Waals surface area contributed by atoms with Gasteiger partial charge in [0.1, 0.15) is 16.8 Å². The first-order valence-corrected chi connectivity index (χ1v) is 10.5. The molecule has 0 radical (unpaired) electrons. The molecule has 1 atom stereocenters. The molecule has 2 aromatic rings. The topological polar surface area (TPSA) is 60.9 Å². The minimum atomic E-state index is -3.91. The number of nitrogens with zero attached hydrogens (tertiary/aromatic N) is 3. The number of piperazine rings is 1. The van der Waals surface area contributed by atoms with E-state index in [1.807, 2.05) is 35.2 Å². The molecule has 1 fully saturated rings. The lowest BCUT2D eigenvalue weighted by atomic mass is 10.0. The quantitative estimate of drug-likeness (QED) is 0.763. The monoisotopic (exact) mass is 405 g/mol. The van der Waals surface area contributed by atoms with Gasteiger partial charge in [0.2, 0.25) is 15.9 Å². The van der Waals surface area contributed by atoms with Crippen LogP contribution >= 0.6 is 0 Å². The van der Waals surface area contributed by atoms with Crippen molar-refractivity contribution in [2.24, 2.45) is 0 Å². The predicted molar refractivity (Wildman–Crippen MR) is 105 cm³/mol. The highest BCUT2D eigenvalue weighted by molar-refractivity contribution is 7.89. The third-order valence-electron chi connectivity index (χ3n) is 4.88. The Kier molecular flexibility index (Phi) is 6.12. The number of halogens is 1. The molecule has 0 saturated carbocycles. The molecule has 2 aromatic carbocycles. The molecule has 6 nitrogen and oxygen atoms in total. The number of carbonyl (C=O) groups is 1. The van der Waals surface area contributed by atoms with E-state index in [1.54, 1.807) is 19.0 Å². The third-order valence-corrected chi connectivity index (χ3v) is 6.81. The highest BCUT2D eigenvalue weighted by Crippen LogP contribution is 2.26. The van der Waals surface area contributed by atoms with E-state index in [1.165, 1.54) is 22.5 Å². The van der Waals surface area contributed by atoms with E-state index in [-0.39, 0.29) is 23.9 Å². The van der Waals surface area contributed by atoms with Crippen molar-refractivity contribution in [1.82, 2.24) is 14.1 Å². The van der Waals surface area contributed by atoms with Crippen LogP contribution in [0.25, 0.3) is 0 Å². The maximum atomic E-state index is 14.0. The molecule has 0 unspecified atom stereocenters. The van der Waals surface area contributed by atoms with Gasteiger partial charge in [-0.05, 0) is 17.7 Å². The summed E-state index contributed by atoms with van der Waals surface area (Å²) in [6, 6.07) is 14.4. The molecule has 3 rings (SSSR count).